The van der Waals surface area contributed by atoms with Gasteiger partial charge in [0.2, 0.25) is 0 Å². The SMILES string of the molecule is CN(CCC(=O)O)C(=O)COc1ccc(Br)cc1. The molecule has 6 heteroatoms. The number of hydrogen-bond donors (Lipinski definition) is 1. The molecule has 18 heavy (non-hydrogen) atoms. The molecule has 0 saturated heterocycles. The molecule has 0 aromatic heterocycles. The van der Waals surface area contributed by atoms with Crippen molar-refractivity contribution >= 4 is 27.8 Å². The number of benzene rings is 1. The molecular formula is C12H14BrNO4. The van der Waals surface area contributed by atoms with Crippen molar-refractivity contribution in [2.24, 2.45) is 0 Å². The fourth-order valence-electron chi connectivity index (χ4n) is 1.17. The first-order valence-corrected chi connectivity index (χ1v) is 6.12. The van der Waals surface area contributed by atoms with Gasteiger partial charge >= 0.3 is 5.97 Å². The Bertz CT molecular complexity index is 419. The number of halogens is 1. The maximum Gasteiger partial charge on any atom is 0.305 e. The zero-order valence-corrected chi connectivity index (χ0v) is 11.5. The number of carboxylic acid groups (broad SMARTS) is 1. The molecule has 5 nitrogen and oxygen atoms in total. The molecule has 0 heterocycles. The van der Waals surface area contributed by atoms with Gasteiger partial charge in [-0.05, 0) is 24.3 Å². The summed E-state index contributed by atoms with van der Waals surface area (Å²) in [7, 11) is 1.55. The van der Waals surface area contributed by atoms with E-state index in [9.17, 15) is 9.59 Å². The molecule has 0 atom stereocenters. The molecule has 1 amide bonds. The molecule has 0 unspecified atom stereocenters. The summed E-state index contributed by atoms with van der Waals surface area (Å²) >= 11 is 3.30. The second-order valence-corrected chi connectivity index (χ2v) is 4.62. The lowest BCUT2D eigenvalue weighted by Gasteiger charge is -2.16. The highest BCUT2D eigenvalue weighted by molar-refractivity contribution is 9.10. The van der Waals surface area contributed by atoms with Crippen molar-refractivity contribution in [1.29, 1.82) is 0 Å². The smallest absolute Gasteiger partial charge is 0.305 e. The lowest BCUT2D eigenvalue weighted by molar-refractivity contribution is -0.138. The molecule has 0 aliphatic heterocycles. The van der Waals surface area contributed by atoms with Crippen LogP contribution < -0.4 is 4.74 Å². The molecule has 1 rings (SSSR count). The van der Waals surface area contributed by atoms with Gasteiger partial charge in [-0.25, -0.2) is 0 Å². The van der Waals surface area contributed by atoms with E-state index in [-0.39, 0.29) is 25.5 Å². The molecule has 0 spiro atoms. The Morgan fingerprint density at radius 2 is 1.94 bits per heavy atom. The summed E-state index contributed by atoms with van der Waals surface area (Å²) in [6.45, 7) is 0.0790. The summed E-state index contributed by atoms with van der Waals surface area (Å²) in [5.74, 6) is -0.583. The van der Waals surface area contributed by atoms with E-state index in [4.69, 9.17) is 9.84 Å². The minimum atomic E-state index is -0.927. The average molecular weight is 316 g/mol. The number of rotatable bonds is 6. The summed E-state index contributed by atoms with van der Waals surface area (Å²) < 4.78 is 6.22. The number of carboxylic acids is 1. The van der Waals surface area contributed by atoms with Gasteiger partial charge in [0.25, 0.3) is 5.91 Å². The van der Waals surface area contributed by atoms with Crippen LogP contribution in [0.1, 0.15) is 6.42 Å². The van der Waals surface area contributed by atoms with Gasteiger partial charge in [-0.3, -0.25) is 9.59 Å². The van der Waals surface area contributed by atoms with E-state index in [1.165, 1.54) is 4.90 Å². The van der Waals surface area contributed by atoms with E-state index in [1.54, 1.807) is 19.2 Å². The zero-order valence-electron chi connectivity index (χ0n) is 9.93. The van der Waals surface area contributed by atoms with E-state index in [0.717, 1.165) is 4.47 Å². The van der Waals surface area contributed by atoms with Gasteiger partial charge < -0.3 is 14.7 Å². The van der Waals surface area contributed by atoms with Crippen LogP contribution in [0, 0.1) is 0 Å². The maximum absolute atomic E-state index is 11.6. The van der Waals surface area contributed by atoms with Crippen LogP contribution in [0.3, 0.4) is 0 Å². The molecule has 0 saturated carbocycles. The lowest BCUT2D eigenvalue weighted by atomic mass is 10.3. The van der Waals surface area contributed by atoms with Gasteiger partial charge in [0, 0.05) is 18.1 Å². The number of aliphatic carboxylic acids is 1. The fraction of sp³-hybridized carbons (Fsp3) is 0.333. The highest BCUT2D eigenvalue weighted by Crippen LogP contribution is 2.15. The first kappa shape index (κ1) is 14.5. The van der Waals surface area contributed by atoms with Crippen molar-refractivity contribution < 1.29 is 19.4 Å². The molecule has 0 aliphatic rings. The van der Waals surface area contributed by atoms with Gasteiger partial charge in [0.1, 0.15) is 5.75 Å². The van der Waals surface area contributed by atoms with Gasteiger partial charge in [0.05, 0.1) is 6.42 Å². The molecule has 0 radical (unpaired) electrons. The van der Waals surface area contributed by atoms with Crippen molar-refractivity contribution in [2.45, 2.75) is 6.42 Å². The van der Waals surface area contributed by atoms with Crippen molar-refractivity contribution in [1.82, 2.24) is 4.90 Å². The standard InChI is InChI=1S/C12H14BrNO4/c1-14(7-6-12(16)17)11(15)8-18-10-4-2-9(13)3-5-10/h2-5H,6-8H2,1H3,(H,16,17). The molecule has 1 N–H and O–H groups in total. The highest BCUT2D eigenvalue weighted by Gasteiger charge is 2.10. The summed E-state index contributed by atoms with van der Waals surface area (Å²) in [5, 5.41) is 8.50. The number of nitrogens with zero attached hydrogens (tertiary/aromatic N) is 1. The van der Waals surface area contributed by atoms with E-state index in [1.807, 2.05) is 12.1 Å². The van der Waals surface area contributed by atoms with Crippen LogP contribution in [0.2, 0.25) is 0 Å². The lowest BCUT2D eigenvalue weighted by Crippen LogP contribution is -2.33. The Labute approximate surface area is 113 Å². The molecule has 0 aliphatic carbocycles. The minimum Gasteiger partial charge on any atom is -0.484 e. The topological polar surface area (TPSA) is 66.8 Å². The number of hydrogen-bond acceptors (Lipinski definition) is 3. The summed E-state index contributed by atoms with van der Waals surface area (Å²) in [6, 6.07) is 7.12. The van der Waals surface area contributed by atoms with Crippen molar-refractivity contribution in [3.8, 4) is 5.75 Å². The van der Waals surface area contributed by atoms with Gasteiger partial charge in [-0.1, -0.05) is 15.9 Å². The van der Waals surface area contributed by atoms with Gasteiger partial charge in [-0.15, -0.1) is 0 Å². The van der Waals surface area contributed by atoms with Crippen LogP contribution in [0.25, 0.3) is 0 Å². The van der Waals surface area contributed by atoms with E-state index in [2.05, 4.69) is 15.9 Å². The molecule has 1 aromatic rings. The number of carbonyl (C=O) groups excluding carboxylic acids is 1. The fourth-order valence-corrected chi connectivity index (χ4v) is 1.44. The van der Waals surface area contributed by atoms with Crippen molar-refractivity contribution in [3.05, 3.63) is 28.7 Å². The van der Waals surface area contributed by atoms with E-state index < -0.39 is 5.97 Å². The van der Waals surface area contributed by atoms with E-state index >= 15 is 0 Å². The Hall–Kier alpha value is -1.56. The first-order valence-electron chi connectivity index (χ1n) is 5.33. The zero-order chi connectivity index (χ0) is 13.5. The normalized spacial score (nSPS) is 9.89. The number of likely N-dealkylation sites (N-methyl/N-ethyl adjacent to an activating group) is 1. The number of amides is 1. The third kappa shape index (κ3) is 5.18. The molecule has 0 fully saturated rings. The second kappa shape index (κ2) is 7.00. The highest BCUT2D eigenvalue weighted by atomic mass is 79.9. The summed E-state index contributed by atoms with van der Waals surface area (Å²) in [5.41, 5.74) is 0. The minimum absolute atomic E-state index is 0.0689. The van der Waals surface area contributed by atoms with Crippen LogP contribution in [-0.4, -0.2) is 42.1 Å². The molecular weight excluding hydrogens is 302 g/mol. The molecule has 0 bridgehead atoms. The van der Waals surface area contributed by atoms with E-state index in [0.29, 0.717) is 5.75 Å². The van der Waals surface area contributed by atoms with Crippen LogP contribution >= 0.6 is 15.9 Å². The summed E-state index contributed by atoms with van der Waals surface area (Å²) in [4.78, 5) is 23.3. The Morgan fingerprint density at radius 1 is 1.33 bits per heavy atom. The molecule has 1 aromatic carbocycles. The first-order chi connectivity index (χ1) is 8.49. The third-order valence-electron chi connectivity index (χ3n) is 2.26. The predicted octanol–water partition coefficient (Wildman–Crippen LogP) is 1.76. The quantitative estimate of drug-likeness (QED) is 0.868. The predicted molar refractivity (Wildman–Crippen MR) is 69.5 cm³/mol. The van der Waals surface area contributed by atoms with Crippen molar-refractivity contribution in [2.75, 3.05) is 20.2 Å². The molecule has 98 valence electrons. The monoisotopic (exact) mass is 315 g/mol. The van der Waals surface area contributed by atoms with Crippen LogP contribution in [-0.2, 0) is 9.59 Å². The average Bonchev–Trinajstić information content (AvgIpc) is 2.34. The van der Waals surface area contributed by atoms with Crippen molar-refractivity contribution in [3.63, 3.8) is 0 Å². The van der Waals surface area contributed by atoms with Crippen LogP contribution in [0.5, 0.6) is 5.75 Å². The van der Waals surface area contributed by atoms with Crippen LogP contribution in [0.15, 0.2) is 28.7 Å². The van der Waals surface area contributed by atoms with Gasteiger partial charge in [0.15, 0.2) is 6.61 Å². The Balaban J connectivity index is 2.36. The number of ether oxygens (including phenoxy) is 1. The Kier molecular flexibility index (Phi) is 5.64. The Morgan fingerprint density at radius 3 is 2.50 bits per heavy atom. The number of carbonyl (C=O) groups is 2. The second-order valence-electron chi connectivity index (χ2n) is 3.70. The van der Waals surface area contributed by atoms with Gasteiger partial charge in [-0.2, -0.15) is 0 Å². The summed E-state index contributed by atoms with van der Waals surface area (Å²) in [6.07, 6.45) is -0.0689. The largest absolute Gasteiger partial charge is 0.484 e. The third-order valence-corrected chi connectivity index (χ3v) is 2.79. The maximum atomic E-state index is 11.6. The van der Waals surface area contributed by atoms with Crippen LogP contribution in [0.4, 0.5) is 0 Å².